The van der Waals surface area contributed by atoms with Crippen molar-refractivity contribution in [3.8, 4) is 0 Å². The van der Waals surface area contributed by atoms with E-state index in [1.54, 1.807) is 0 Å². The summed E-state index contributed by atoms with van der Waals surface area (Å²) in [6, 6.07) is 9.08. The highest BCUT2D eigenvalue weighted by Crippen LogP contribution is 2.27. The van der Waals surface area contributed by atoms with Crippen LogP contribution in [0.2, 0.25) is 0 Å². The summed E-state index contributed by atoms with van der Waals surface area (Å²) in [5, 5.41) is 0. The number of nitrogens with zero attached hydrogens (tertiary/aromatic N) is 1. The van der Waals surface area contributed by atoms with Gasteiger partial charge in [0.15, 0.2) is 0 Å². The lowest BCUT2D eigenvalue weighted by Crippen LogP contribution is -2.27. The van der Waals surface area contributed by atoms with Crippen molar-refractivity contribution < 1.29 is 0 Å². The van der Waals surface area contributed by atoms with Crippen LogP contribution in [-0.2, 0) is 12.8 Å². The molecule has 1 aromatic carbocycles. The smallest absolute Gasteiger partial charge is 0.0972 e. The molecule has 96 valence electrons. The second-order valence-corrected chi connectivity index (χ2v) is 5.72. The maximum absolute atomic E-state index is 6.21. The van der Waals surface area contributed by atoms with Gasteiger partial charge < -0.3 is 5.73 Å². The molecule has 2 nitrogen and oxygen atoms in total. The molecule has 0 aliphatic heterocycles. The minimum absolute atomic E-state index is 0.393. The monoisotopic (exact) mass is 242 g/mol. The number of nitrogens with two attached hydrogens (primary N) is 1. The second-order valence-electron chi connectivity index (χ2n) is 5.72. The van der Waals surface area contributed by atoms with E-state index in [9.17, 15) is 0 Å². The van der Waals surface area contributed by atoms with Crippen molar-refractivity contribution in [2.24, 2.45) is 16.6 Å². The topological polar surface area (TPSA) is 38.4 Å². The standard InChI is InChI=1S/C16H22N2/c17-16(12-6-2-1-3-7-12)18-15-10-13-8-4-5-9-14(13)11-15/h4-5,8-9,12,15H,1-3,6-7,10-11H2,(H2,17,18). The molecule has 0 radical (unpaired) electrons. The average molecular weight is 242 g/mol. The normalized spacial score (nSPS) is 22.1. The SMILES string of the molecule is NC(=NC1Cc2ccccc2C1)C1CCCCC1. The predicted molar refractivity (Wildman–Crippen MR) is 75.8 cm³/mol. The lowest BCUT2D eigenvalue weighted by molar-refractivity contribution is 0.435. The third kappa shape index (κ3) is 2.43. The summed E-state index contributed by atoms with van der Waals surface area (Å²) in [6.45, 7) is 0. The molecule has 0 saturated heterocycles. The Hall–Kier alpha value is -1.31. The molecule has 2 N–H and O–H groups in total. The summed E-state index contributed by atoms with van der Waals surface area (Å²) >= 11 is 0. The molecular formula is C16H22N2. The van der Waals surface area contributed by atoms with Crippen LogP contribution in [0.5, 0.6) is 0 Å². The van der Waals surface area contributed by atoms with Crippen molar-refractivity contribution in [3.05, 3.63) is 35.4 Å². The highest BCUT2D eigenvalue weighted by molar-refractivity contribution is 5.83. The molecule has 1 aromatic rings. The van der Waals surface area contributed by atoms with E-state index in [1.165, 1.54) is 43.2 Å². The molecule has 0 spiro atoms. The van der Waals surface area contributed by atoms with Gasteiger partial charge in [0, 0.05) is 5.92 Å². The van der Waals surface area contributed by atoms with Gasteiger partial charge in [0.1, 0.15) is 0 Å². The van der Waals surface area contributed by atoms with Gasteiger partial charge in [0.25, 0.3) is 0 Å². The number of rotatable bonds is 2. The summed E-state index contributed by atoms with van der Waals surface area (Å²) in [7, 11) is 0. The van der Waals surface area contributed by atoms with Crippen LogP contribution >= 0.6 is 0 Å². The Balaban J connectivity index is 1.67. The highest BCUT2D eigenvalue weighted by atomic mass is 14.9. The highest BCUT2D eigenvalue weighted by Gasteiger charge is 2.23. The van der Waals surface area contributed by atoms with E-state index in [4.69, 9.17) is 10.7 Å². The van der Waals surface area contributed by atoms with Gasteiger partial charge in [-0.1, -0.05) is 43.5 Å². The summed E-state index contributed by atoms with van der Waals surface area (Å²) in [4.78, 5) is 4.81. The minimum atomic E-state index is 0.393. The third-order valence-electron chi connectivity index (χ3n) is 4.38. The minimum Gasteiger partial charge on any atom is -0.387 e. The maximum atomic E-state index is 6.21. The van der Waals surface area contributed by atoms with E-state index < -0.39 is 0 Å². The lowest BCUT2D eigenvalue weighted by atomic mass is 9.88. The van der Waals surface area contributed by atoms with Gasteiger partial charge in [0.05, 0.1) is 11.9 Å². The zero-order valence-corrected chi connectivity index (χ0v) is 10.9. The summed E-state index contributed by atoms with van der Waals surface area (Å²) in [5.74, 6) is 1.48. The Bertz CT molecular complexity index is 419. The van der Waals surface area contributed by atoms with Gasteiger partial charge in [-0.15, -0.1) is 0 Å². The van der Waals surface area contributed by atoms with E-state index in [0.29, 0.717) is 12.0 Å². The predicted octanol–water partition coefficient (Wildman–Crippen LogP) is 3.09. The molecule has 3 rings (SSSR count). The van der Waals surface area contributed by atoms with Crippen molar-refractivity contribution in [1.29, 1.82) is 0 Å². The van der Waals surface area contributed by atoms with Crippen molar-refractivity contribution in [2.75, 3.05) is 0 Å². The number of hydrogen-bond donors (Lipinski definition) is 1. The fraction of sp³-hybridized carbons (Fsp3) is 0.562. The zero-order chi connectivity index (χ0) is 12.4. The molecule has 18 heavy (non-hydrogen) atoms. The molecule has 0 unspecified atom stereocenters. The van der Waals surface area contributed by atoms with Crippen molar-refractivity contribution in [1.82, 2.24) is 0 Å². The Kier molecular flexibility index (Phi) is 3.35. The molecule has 0 amide bonds. The Morgan fingerprint density at radius 2 is 1.61 bits per heavy atom. The van der Waals surface area contributed by atoms with Crippen LogP contribution in [0.3, 0.4) is 0 Å². The van der Waals surface area contributed by atoms with E-state index in [1.807, 2.05) is 0 Å². The average Bonchev–Trinajstić information content (AvgIpc) is 2.82. The van der Waals surface area contributed by atoms with Crippen LogP contribution in [0.1, 0.15) is 43.2 Å². The molecule has 0 atom stereocenters. The van der Waals surface area contributed by atoms with Gasteiger partial charge in [-0.25, -0.2) is 0 Å². The van der Waals surface area contributed by atoms with E-state index in [-0.39, 0.29) is 0 Å². The fourth-order valence-corrected chi connectivity index (χ4v) is 3.34. The van der Waals surface area contributed by atoms with Crippen LogP contribution in [-0.4, -0.2) is 11.9 Å². The van der Waals surface area contributed by atoms with Crippen LogP contribution < -0.4 is 5.73 Å². The van der Waals surface area contributed by atoms with E-state index in [2.05, 4.69) is 24.3 Å². The van der Waals surface area contributed by atoms with Crippen LogP contribution in [0.4, 0.5) is 0 Å². The fourth-order valence-electron chi connectivity index (χ4n) is 3.34. The van der Waals surface area contributed by atoms with Gasteiger partial charge in [0.2, 0.25) is 0 Å². The summed E-state index contributed by atoms with van der Waals surface area (Å²) in [6.07, 6.45) is 8.66. The zero-order valence-electron chi connectivity index (χ0n) is 10.9. The molecule has 2 aliphatic rings. The first-order valence-corrected chi connectivity index (χ1v) is 7.23. The van der Waals surface area contributed by atoms with Crippen LogP contribution in [0, 0.1) is 5.92 Å². The Morgan fingerprint density at radius 3 is 2.22 bits per heavy atom. The summed E-state index contributed by atoms with van der Waals surface area (Å²) in [5.41, 5.74) is 9.13. The lowest BCUT2D eigenvalue weighted by Gasteiger charge is -2.21. The molecule has 1 fully saturated rings. The quantitative estimate of drug-likeness (QED) is 0.628. The Labute approximate surface area is 109 Å². The molecule has 2 heteroatoms. The number of benzene rings is 1. The number of aliphatic imine (C=N–C) groups is 1. The molecule has 2 aliphatic carbocycles. The first kappa shape index (κ1) is 11.8. The van der Waals surface area contributed by atoms with Gasteiger partial charge in [-0.05, 0) is 36.8 Å². The van der Waals surface area contributed by atoms with Crippen LogP contribution in [0.25, 0.3) is 0 Å². The molecule has 0 aromatic heterocycles. The van der Waals surface area contributed by atoms with E-state index >= 15 is 0 Å². The molecule has 1 saturated carbocycles. The molecular weight excluding hydrogens is 220 g/mol. The van der Waals surface area contributed by atoms with Gasteiger partial charge in [-0.2, -0.15) is 0 Å². The largest absolute Gasteiger partial charge is 0.387 e. The first-order valence-electron chi connectivity index (χ1n) is 7.23. The first-order chi connectivity index (χ1) is 8.83. The number of amidine groups is 1. The number of hydrogen-bond acceptors (Lipinski definition) is 1. The van der Waals surface area contributed by atoms with Crippen molar-refractivity contribution in [3.63, 3.8) is 0 Å². The third-order valence-corrected chi connectivity index (χ3v) is 4.38. The maximum Gasteiger partial charge on any atom is 0.0972 e. The van der Waals surface area contributed by atoms with Crippen molar-refractivity contribution >= 4 is 5.84 Å². The number of fused-ring (bicyclic) bond motifs is 1. The van der Waals surface area contributed by atoms with E-state index in [0.717, 1.165) is 18.7 Å². The van der Waals surface area contributed by atoms with Crippen molar-refractivity contribution in [2.45, 2.75) is 51.0 Å². The van der Waals surface area contributed by atoms with Crippen LogP contribution in [0.15, 0.2) is 29.3 Å². The Morgan fingerprint density at radius 1 is 1.00 bits per heavy atom. The van der Waals surface area contributed by atoms with Gasteiger partial charge >= 0.3 is 0 Å². The molecule has 0 bridgehead atoms. The van der Waals surface area contributed by atoms with Gasteiger partial charge in [-0.3, -0.25) is 4.99 Å². The second kappa shape index (κ2) is 5.13. The molecule has 0 heterocycles. The summed E-state index contributed by atoms with van der Waals surface area (Å²) < 4.78 is 0.